The summed E-state index contributed by atoms with van der Waals surface area (Å²) in [5, 5.41) is 10.4. The molecular formula is C27H55NO2. The van der Waals surface area contributed by atoms with Crippen LogP contribution in [0.15, 0.2) is 0 Å². The van der Waals surface area contributed by atoms with Gasteiger partial charge in [-0.25, -0.2) is 5.06 Å². The number of hydrogen-bond donors (Lipinski definition) is 1. The minimum Gasteiger partial charge on any atom is -0.286 e. The maximum atomic E-state index is 12.3. The molecule has 0 radical (unpaired) electrons. The van der Waals surface area contributed by atoms with E-state index >= 15 is 0 Å². The van der Waals surface area contributed by atoms with Crippen molar-refractivity contribution in [2.75, 3.05) is 7.05 Å². The number of unbranched alkanes of at least 4 members (excludes halogenated alkanes) is 18. The Hall–Kier alpha value is -0.570. The lowest BCUT2D eigenvalue weighted by molar-refractivity contribution is -0.164. The van der Waals surface area contributed by atoms with Crippen LogP contribution in [0, 0.1) is 5.92 Å². The van der Waals surface area contributed by atoms with Crippen molar-refractivity contribution in [2.45, 2.75) is 155 Å². The number of carbonyl (C=O) groups is 1. The van der Waals surface area contributed by atoms with E-state index in [-0.39, 0.29) is 11.8 Å². The summed E-state index contributed by atoms with van der Waals surface area (Å²) >= 11 is 0. The molecule has 0 fully saturated rings. The predicted octanol–water partition coefficient (Wildman–Crippen LogP) is 9.07. The summed E-state index contributed by atoms with van der Waals surface area (Å²) < 4.78 is 0. The second-order valence-electron chi connectivity index (χ2n) is 9.50. The zero-order valence-electron chi connectivity index (χ0n) is 20.9. The van der Waals surface area contributed by atoms with Crippen LogP contribution >= 0.6 is 0 Å². The molecule has 0 aromatic heterocycles. The largest absolute Gasteiger partial charge is 0.286 e. The van der Waals surface area contributed by atoms with Crippen molar-refractivity contribution >= 4 is 5.91 Å². The molecule has 3 nitrogen and oxygen atoms in total. The van der Waals surface area contributed by atoms with Crippen molar-refractivity contribution in [3.8, 4) is 0 Å². The fraction of sp³-hybridized carbons (Fsp3) is 0.963. The summed E-state index contributed by atoms with van der Waals surface area (Å²) in [4.78, 5) is 12.3. The molecule has 0 aliphatic carbocycles. The van der Waals surface area contributed by atoms with Gasteiger partial charge in [0.25, 0.3) is 0 Å². The molecule has 30 heavy (non-hydrogen) atoms. The van der Waals surface area contributed by atoms with Gasteiger partial charge in [-0.1, -0.05) is 142 Å². The first kappa shape index (κ1) is 29.4. The summed E-state index contributed by atoms with van der Waals surface area (Å²) in [6, 6.07) is 0. The van der Waals surface area contributed by atoms with Crippen molar-refractivity contribution in [1.82, 2.24) is 5.06 Å². The molecule has 0 heterocycles. The first-order valence-corrected chi connectivity index (χ1v) is 13.6. The van der Waals surface area contributed by atoms with Crippen molar-refractivity contribution in [2.24, 2.45) is 5.92 Å². The third-order valence-corrected chi connectivity index (χ3v) is 6.48. The van der Waals surface area contributed by atoms with Gasteiger partial charge < -0.3 is 0 Å². The lowest BCUT2D eigenvalue weighted by Gasteiger charge is -2.19. The van der Waals surface area contributed by atoms with Crippen LogP contribution in [0.3, 0.4) is 0 Å². The van der Waals surface area contributed by atoms with Gasteiger partial charge in [0.15, 0.2) is 0 Å². The SMILES string of the molecule is CCCCCCCCCCCCCC(CCCCCCCCCCC)C(=O)N(C)O. The molecule has 0 aliphatic heterocycles. The Morgan fingerprint density at radius 1 is 0.567 bits per heavy atom. The number of carbonyl (C=O) groups excluding carboxylic acids is 1. The molecule has 0 rings (SSSR count). The summed E-state index contributed by atoms with van der Waals surface area (Å²) in [6.07, 6.45) is 28.3. The second kappa shape index (κ2) is 23.1. The average molecular weight is 426 g/mol. The van der Waals surface area contributed by atoms with Crippen LogP contribution in [0.5, 0.6) is 0 Å². The van der Waals surface area contributed by atoms with E-state index in [0.29, 0.717) is 0 Å². The molecule has 180 valence electrons. The molecule has 0 saturated carbocycles. The van der Waals surface area contributed by atoms with Gasteiger partial charge in [-0.2, -0.15) is 0 Å². The van der Waals surface area contributed by atoms with E-state index < -0.39 is 0 Å². The van der Waals surface area contributed by atoms with Crippen LogP contribution < -0.4 is 0 Å². The van der Waals surface area contributed by atoms with Gasteiger partial charge in [-0.3, -0.25) is 10.0 Å². The fourth-order valence-corrected chi connectivity index (χ4v) is 4.41. The lowest BCUT2D eigenvalue weighted by atomic mass is 9.93. The van der Waals surface area contributed by atoms with Crippen LogP contribution in [0.2, 0.25) is 0 Å². The highest BCUT2D eigenvalue weighted by molar-refractivity contribution is 5.77. The smallest absolute Gasteiger partial charge is 0.248 e. The summed E-state index contributed by atoms with van der Waals surface area (Å²) in [6.45, 7) is 4.53. The number of nitrogens with zero attached hydrogens (tertiary/aromatic N) is 1. The third-order valence-electron chi connectivity index (χ3n) is 6.48. The minimum atomic E-state index is -0.0818. The molecule has 1 atom stereocenters. The number of rotatable bonds is 23. The van der Waals surface area contributed by atoms with Crippen molar-refractivity contribution in [1.29, 1.82) is 0 Å². The van der Waals surface area contributed by atoms with E-state index in [1.54, 1.807) is 0 Å². The molecule has 0 aliphatic rings. The molecule has 0 saturated heterocycles. The molecule has 3 heteroatoms. The van der Waals surface area contributed by atoms with Gasteiger partial charge in [0.2, 0.25) is 5.91 Å². The zero-order valence-corrected chi connectivity index (χ0v) is 20.9. The van der Waals surface area contributed by atoms with Crippen LogP contribution in [-0.2, 0) is 4.79 Å². The summed E-state index contributed by atoms with van der Waals surface area (Å²) in [7, 11) is 1.48. The third kappa shape index (κ3) is 19.4. The summed E-state index contributed by atoms with van der Waals surface area (Å²) in [5.41, 5.74) is 0. The zero-order chi connectivity index (χ0) is 22.3. The monoisotopic (exact) mass is 425 g/mol. The maximum absolute atomic E-state index is 12.3. The molecule has 1 N–H and O–H groups in total. The fourth-order valence-electron chi connectivity index (χ4n) is 4.41. The highest BCUT2D eigenvalue weighted by atomic mass is 16.5. The van der Waals surface area contributed by atoms with Gasteiger partial charge in [0, 0.05) is 13.0 Å². The Kier molecular flexibility index (Phi) is 22.7. The Morgan fingerprint density at radius 3 is 1.10 bits per heavy atom. The Labute approximate surface area is 189 Å². The van der Waals surface area contributed by atoms with Gasteiger partial charge >= 0.3 is 0 Å². The Morgan fingerprint density at radius 2 is 0.833 bits per heavy atom. The number of hydroxylamine groups is 2. The normalized spacial score (nSPS) is 12.3. The van der Waals surface area contributed by atoms with Crippen molar-refractivity contribution < 1.29 is 10.0 Å². The predicted molar refractivity (Wildman–Crippen MR) is 131 cm³/mol. The second-order valence-corrected chi connectivity index (χ2v) is 9.50. The standard InChI is InChI=1S/C27H55NO2/c1-4-6-8-10-12-14-15-17-19-21-23-25-26(27(29)28(3)30)24-22-20-18-16-13-11-9-7-5-2/h26,30H,4-25H2,1-3H3. The van der Waals surface area contributed by atoms with E-state index in [1.807, 2.05) is 0 Å². The molecule has 0 aromatic rings. The van der Waals surface area contributed by atoms with Gasteiger partial charge in [0.05, 0.1) is 0 Å². The number of hydrogen-bond acceptors (Lipinski definition) is 2. The van der Waals surface area contributed by atoms with Crippen molar-refractivity contribution in [3.63, 3.8) is 0 Å². The van der Waals surface area contributed by atoms with Crippen LogP contribution in [-0.4, -0.2) is 23.2 Å². The maximum Gasteiger partial charge on any atom is 0.248 e. The molecule has 0 aromatic carbocycles. The topological polar surface area (TPSA) is 40.5 Å². The van der Waals surface area contributed by atoms with E-state index in [1.165, 1.54) is 123 Å². The van der Waals surface area contributed by atoms with Crippen LogP contribution in [0.1, 0.15) is 155 Å². The Balaban J connectivity index is 3.73. The van der Waals surface area contributed by atoms with Crippen LogP contribution in [0.25, 0.3) is 0 Å². The Bertz CT molecular complexity index is 357. The van der Waals surface area contributed by atoms with E-state index in [4.69, 9.17) is 0 Å². The summed E-state index contributed by atoms with van der Waals surface area (Å²) in [5.74, 6) is -0.0650. The molecular weight excluding hydrogens is 370 g/mol. The minimum absolute atomic E-state index is 0.0168. The molecule has 0 bridgehead atoms. The highest BCUT2D eigenvalue weighted by Crippen LogP contribution is 2.21. The van der Waals surface area contributed by atoms with Crippen LogP contribution in [0.4, 0.5) is 0 Å². The highest BCUT2D eigenvalue weighted by Gasteiger charge is 2.20. The molecule has 1 unspecified atom stereocenters. The van der Waals surface area contributed by atoms with Gasteiger partial charge in [-0.15, -0.1) is 0 Å². The molecule has 0 spiro atoms. The quantitative estimate of drug-likeness (QED) is 0.101. The van der Waals surface area contributed by atoms with Crippen molar-refractivity contribution in [3.05, 3.63) is 0 Å². The van der Waals surface area contributed by atoms with E-state index in [2.05, 4.69) is 13.8 Å². The van der Waals surface area contributed by atoms with Gasteiger partial charge in [-0.05, 0) is 12.8 Å². The lowest BCUT2D eigenvalue weighted by Crippen LogP contribution is -2.30. The van der Waals surface area contributed by atoms with E-state index in [0.717, 1.165) is 30.7 Å². The molecule has 1 amide bonds. The average Bonchev–Trinajstić information content (AvgIpc) is 2.74. The first-order valence-electron chi connectivity index (χ1n) is 13.6. The van der Waals surface area contributed by atoms with E-state index in [9.17, 15) is 10.0 Å². The van der Waals surface area contributed by atoms with Gasteiger partial charge in [0.1, 0.15) is 0 Å². The number of amides is 1. The first-order chi connectivity index (χ1) is 14.6.